The van der Waals surface area contributed by atoms with E-state index in [0.717, 1.165) is 31.5 Å². The largest absolute Gasteiger partial charge is 0.252 e. The van der Waals surface area contributed by atoms with Crippen LogP contribution in [0.1, 0.15) is 43.4 Å². The Bertz CT molecular complexity index is 385. The highest BCUT2D eigenvalue weighted by Crippen LogP contribution is 2.42. The normalized spacial score (nSPS) is 15.5. The van der Waals surface area contributed by atoms with E-state index < -0.39 is 0 Å². The van der Waals surface area contributed by atoms with Gasteiger partial charge in [-0.25, -0.2) is 0 Å². The van der Waals surface area contributed by atoms with Crippen LogP contribution in [0.2, 0.25) is 5.15 Å². The number of aromatic nitrogens is 2. The molecular weight excluding hydrogens is 198 g/mol. The lowest BCUT2D eigenvalue weighted by Gasteiger charge is -1.97. The molecule has 0 unspecified atom stereocenters. The third-order valence-corrected chi connectivity index (χ3v) is 2.81. The van der Waals surface area contributed by atoms with Crippen molar-refractivity contribution in [2.75, 3.05) is 0 Å². The maximum atomic E-state index is 8.97. The molecule has 1 aromatic rings. The average Bonchev–Trinajstić information content (AvgIpc) is 2.95. The van der Waals surface area contributed by atoms with E-state index in [0.29, 0.717) is 16.6 Å². The molecule has 0 bridgehead atoms. The predicted molar refractivity (Wildman–Crippen MR) is 54.2 cm³/mol. The van der Waals surface area contributed by atoms with Crippen molar-refractivity contribution in [3.8, 4) is 6.07 Å². The first-order chi connectivity index (χ1) is 6.77. The van der Waals surface area contributed by atoms with Gasteiger partial charge in [0.25, 0.3) is 0 Å². The van der Waals surface area contributed by atoms with Crippen LogP contribution in [0.5, 0.6) is 0 Å². The molecule has 1 fully saturated rings. The van der Waals surface area contributed by atoms with Gasteiger partial charge in [0.2, 0.25) is 0 Å². The minimum absolute atomic E-state index is 0.486. The van der Waals surface area contributed by atoms with Crippen molar-refractivity contribution >= 4 is 11.6 Å². The quantitative estimate of drug-likeness (QED) is 0.768. The Kier molecular flexibility index (Phi) is 2.47. The van der Waals surface area contributed by atoms with Gasteiger partial charge >= 0.3 is 0 Å². The van der Waals surface area contributed by atoms with Crippen LogP contribution >= 0.6 is 11.6 Å². The molecule has 1 aliphatic carbocycles. The Hall–Kier alpha value is -1.01. The maximum Gasteiger partial charge on any atom is 0.145 e. The molecule has 0 radical (unpaired) electrons. The summed E-state index contributed by atoms with van der Waals surface area (Å²) in [6.07, 6.45) is 3.28. The zero-order valence-electron chi connectivity index (χ0n) is 8.13. The molecule has 0 aliphatic heterocycles. The van der Waals surface area contributed by atoms with Gasteiger partial charge in [0, 0.05) is 12.5 Å². The van der Waals surface area contributed by atoms with Crippen molar-refractivity contribution in [3.63, 3.8) is 0 Å². The van der Waals surface area contributed by atoms with Crippen LogP contribution in [0.25, 0.3) is 0 Å². The van der Waals surface area contributed by atoms with Gasteiger partial charge < -0.3 is 0 Å². The molecule has 0 saturated heterocycles. The van der Waals surface area contributed by atoms with Gasteiger partial charge in [-0.1, -0.05) is 18.5 Å². The van der Waals surface area contributed by atoms with Crippen LogP contribution in [0.15, 0.2) is 0 Å². The van der Waals surface area contributed by atoms with Crippen LogP contribution in [0, 0.1) is 11.3 Å². The van der Waals surface area contributed by atoms with Crippen LogP contribution in [-0.2, 0) is 6.54 Å². The first kappa shape index (κ1) is 9.54. The van der Waals surface area contributed by atoms with Gasteiger partial charge in [0.1, 0.15) is 16.8 Å². The van der Waals surface area contributed by atoms with Crippen LogP contribution in [0.4, 0.5) is 0 Å². The molecule has 3 nitrogen and oxygen atoms in total. The monoisotopic (exact) mass is 209 g/mol. The van der Waals surface area contributed by atoms with Crippen LogP contribution in [-0.4, -0.2) is 9.78 Å². The van der Waals surface area contributed by atoms with Crippen molar-refractivity contribution in [2.45, 2.75) is 38.6 Å². The Morgan fingerprint density at radius 1 is 1.64 bits per heavy atom. The van der Waals surface area contributed by atoms with Gasteiger partial charge in [0.15, 0.2) is 0 Å². The Labute approximate surface area is 88.3 Å². The molecule has 0 aromatic carbocycles. The summed E-state index contributed by atoms with van der Waals surface area (Å²) >= 11 is 6.06. The molecule has 0 amide bonds. The minimum Gasteiger partial charge on any atom is -0.252 e. The molecule has 1 saturated carbocycles. The van der Waals surface area contributed by atoms with Crippen molar-refractivity contribution in [1.82, 2.24) is 9.78 Å². The average molecular weight is 210 g/mol. The van der Waals surface area contributed by atoms with E-state index in [1.165, 1.54) is 0 Å². The van der Waals surface area contributed by atoms with E-state index in [9.17, 15) is 0 Å². The number of rotatable bonds is 3. The molecule has 14 heavy (non-hydrogen) atoms. The first-order valence-electron chi connectivity index (χ1n) is 4.94. The van der Waals surface area contributed by atoms with E-state index >= 15 is 0 Å². The van der Waals surface area contributed by atoms with E-state index in [2.05, 4.69) is 18.1 Å². The Balaban J connectivity index is 2.40. The summed E-state index contributed by atoms with van der Waals surface area (Å²) in [4.78, 5) is 0. The van der Waals surface area contributed by atoms with E-state index in [1.54, 1.807) is 4.68 Å². The number of nitrogens with zero attached hydrogens (tertiary/aromatic N) is 3. The lowest BCUT2D eigenvalue weighted by molar-refractivity contribution is 0.595. The molecule has 0 N–H and O–H groups in total. The van der Waals surface area contributed by atoms with Gasteiger partial charge in [-0.3, -0.25) is 4.68 Å². The van der Waals surface area contributed by atoms with E-state index in [1.807, 2.05) is 0 Å². The highest BCUT2D eigenvalue weighted by Gasteiger charge is 2.31. The highest BCUT2D eigenvalue weighted by molar-refractivity contribution is 6.30. The minimum atomic E-state index is 0.486. The summed E-state index contributed by atoms with van der Waals surface area (Å²) in [7, 11) is 0. The summed E-state index contributed by atoms with van der Waals surface area (Å²) in [5, 5.41) is 13.9. The molecule has 74 valence electrons. The fourth-order valence-corrected chi connectivity index (χ4v) is 1.83. The fourth-order valence-electron chi connectivity index (χ4n) is 1.56. The second-order valence-electron chi connectivity index (χ2n) is 3.66. The fraction of sp³-hybridized carbons (Fsp3) is 0.600. The lowest BCUT2D eigenvalue weighted by Crippen LogP contribution is -1.99. The molecule has 1 heterocycles. The zero-order valence-corrected chi connectivity index (χ0v) is 8.88. The zero-order chi connectivity index (χ0) is 10.1. The van der Waals surface area contributed by atoms with Crippen LogP contribution < -0.4 is 0 Å². The molecule has 4 heteroatoms. The van der Waals surface area contributed by atoms with Crippen molar-refractivity contribution in [3.05, 3.63) is 16.4 Å². The van der Waals surface area contributed by atoms with Crippen LogP contribution in [0.3, 0.4) is 0 Å². The second kappa shape index (κ2) is 3.62. The summed E-state index contributed by atoms with van der Waals surface area (Å²) < 4.78 is 1.74. The number of nitriles is 1. The van der Waals surface area contributed by atoms with Gasteiger partial charge in [-0.15, -0.1) is 0 Å². The van der Waals surface area contributed by atoms with Crippen molar-refractivity contribution in [2.24, 2.45) is 0 Å². The number of aryl methyl sites for hydroxylation is 1. The third kappa shape index (κ3) is 1.51. The van der Waals surface area contributed by atoms with Gasteiger partial charge in [-0.2, -0.15) is 10.4 Å². The summed E-state index contributed by atoms with van der Waals surface area (Å²) in [5.74, 6) is 0.486. The van der Waals surface area contributed by atoms with Gasteiger partial charge in [0.05, 0.1) is 5.69 Å². The number of hydrogen-bond donors (Lipinski definition) is 0. The SMILES string of the molecule is CCCn1nc(C2CC2)c(C#N)c1Cl. The summed E-state index contributed by atoms with van der Waals surface area (Å²) in [5.41, 5.74) is 1.49. The third-order valence-electron chi connectivity index (χ3n) is 2.43. The molecular formula is C10H12ClN3. The predicted octanol–water partition coefficient (Wildman–Crippen LogP) is 2.70. The van der Waals surface area contributed by atoms with E-state index in [-0.39, 0.29) is 0 Å². The number of hydrogen-bond acceptors (Lipinski definition) is 2. The molecule has 1 aromatic heterocycles. The highest BCUT2D eigenvalue weighted by atomic mass is 35.5. The summed E-state index contributed by atoms with van der Waals surface area (Å²) in [6.45, 7) is 2.86. The molecule has 1 aliphatic rings. The van der Waals surface area contributed by atoms with Crippen molar-refractivity contribution in [1.29, 1.82) is 5.26 Å². The topological polar surface area (TPSA) is 41.6 Å². The molecule has 0 atom stereocenters. The molecule has 2 rings (SSSR count). The standard InChI is InChI=1S/C10H12ClN3/c1-2-5-14-10(11)8(6-12)9(13-14)7-3-4-7/h7H,2-5H2,1H3. The second-order valence-corrected chi connectivity index (χ2v) is 4.02. The Morgan fingerprint density at radius 3 is 2.86 bits per heavy atom. The Morgan fingerprint density at radius 2 is 2.36 bits per heavy atom. The number of halogens is 1. The lowest BCUT2D eigenvalue weighted by atomic mass is 10.2. The van der Waals surface area contributed by atoms with Gasteiger partial charge in [-0.05, 0) is 19.3 Å². The van der Waals surface area contributed by atoms with E-state index in [4.69, 9.17) is 16.9 Å². The maximum absolute atomic E-state index is 8.97. The first-order valence-corrected chi connectivity index (χ1v) is 5.32. The summed E-state index contributed by atoms with van der Waals surface area (Å²) in [6, 6.07) is 2.15. The van der Waals surface area contributed by atoms with Crippen molar-refractivity contribution < 1.29 is 0 Å². The molecule has 0 spiro atoms. The smallest absolute Gasteiger partial charge is 0.145 e.